The van der Waals surface area contributed by atoms with E-state index in [1.807, 2.05) is 18.7 Å². The third-order valence-electron chi connectivity index (χ3n) is 1.43. The Bertz CT molecular complexity index is 89.1. The molecular weight excluding hydrogens is 136 g/mol. The quantitative estimate of drug-likeness (QED) is 0.555. The van der Waals surface area contributed by atoms with Gasteiger partial charge in [-0.05, 0) is 6.92 Å². The highest BCUT2D eigenvalue weighted by Gasteiger charge is 2.27. The van der Waals surface area contributed by atoms with Crippen molar-refractivity contribution in [3.8, 4) is 0 Å². The van der Waals surface area contributed by atoms with Crippen LogP contribution in [0.15, 0.2) is 0 Å². The summed E-state index contributed by atoms with van der Waals surface area (Å²) in [4.78, 5) is 0. The maximum Gasteiger partial charge on any atom is 0.174 e. The first kappa shape index (κ1) is 7.38. The zero-order valence-electron chi connectivity index (χ0n) is 5.85. The van der Waals surface area contributed by atoms with Crippen LogP contribution in [0.5, 0.6) is 0 Å². The lowest BCUT2D eigenvalue weighted by atomic mass is 10.4. The molecule has 0 aliphatic carbocycles. The van der Waals surface area contributed by atoms with Gasteiger partial charge in [-0.1, -0.05) is 0 Å². The van der Waals surface area contributed by atoms with Gasteiger partial charge in [0.15, 0.2) is 5.79 Å². The average Bonchev–Trinajstić information content (AvgIpc) is 1.90. The average molecular weight is 148 g/mol. The van der Waals surface area contributed by atoms with E-state index in [2.05, 4.69) is 0 Å². The molecule has 2 nitrogen and oxygen atoms in total. The van der Waals surface area contributed by atoms with Gasteiger partial charge >= 0.3 is 0 Å². The highest BCUT2D eigenvalue weighted by Crippen LogP contribution is 2.22. The highest BCUT2D eigenvalue weighted by atomic mass is 32.2. The predicted octanol–water partition coefficient (Wildman–Crippen LogP) is 1.11. The Hall–Kier alpha value is 0.270. The molecule has 0 saturated carbocycles. The molecule has 54 valence electrons. The molecule has 0 radical (unpaired) electrons. The first-order valence-corrected chi connectivity index (χ1v) is 4.19. The Balaban J connectivity index is 2.37. The van der Waals surface area contributed by atoms with Gasteiger partial charge in [-0.25, -0.2) is 0 Å². The fraction of sp³-hybridized carbons (Fsp3) is 1.00. The second-order valence-corrected chi connectivity index (χ2v) is 3.34. The molecule has 0 aromatic heterocycles. The number of rotatable bonds is 1. The van der Waals surface area contributed by atoms with Crippen LogP contribution in [0.2, 0.25) is 0 Å². The topological polar surface area (TPSA) is 18.5 Å². The molecule has 1 heterocycles. The van der Waals surface area contributed by atoms with Crippen molar-refractivity contribution in [2.24, 2.45) is 0 Å². The lowest BCUT2D eigenvalue weighted by Crippen LogP contribution is -2.38. The van der Waals surface area contributed by atoms with Gasteiger partial charge in [-0.3, -0.25) is 0 Å². The zero-order valence-corrected chi connectivity index (χ0v) is 6.66. The van der Waals surface area contributed by atoms with Crippen LogP contribution < -0.4 is 0 Å². The van der Waals surface area contributed by atoms with Gasteiger partial charge in [0.2, 0.25) is 0 Å². The Kier molecular flexibility index (Phi) is 2.38. The monoisotopic (exact) mass is 148 g/mol. The van der Waals surface area contributed by atoms with E-state index in [9.17, 15) is 0 Å². The van der Waals surface area contributed by atoms with Crippen LogP contribution in [0.25, 0.3) is 0 Å². The van der Waals surface area contributed by atoms with Gasteiger partial charge in [-0.2, -0.15) is 11.8 Å². The first-order chi connectivity index (χ1) is 4.27. The summed E-state index contributed by atoms with van der Waals surface area (Å²) in [7, 11) is 1.69. The Morgan fingerprint density at radius 3 is 2.78 bits per heavy atom. The predicted molar refractivity (Wildman–Crippen MR) is 38.7 cm³/mol. The highest BCUT2D eigenvalue weighted by molar-refractivity contribution is 7.99. The molecule has 3 heteroatoms. The summed E-state index contributed by atoms with van der Waals surface area (Å²) >= 11 is 1.88. The lowest BCUT2D eigenvalue weighted by molar-refractivity contribution is -0.193. The molecule has 0 aromatic carbocycles. The van der Waals surface area contributed by atoms with Crippen molar-refractivity contribution in [1.82, 2.24) is 0 Å². The van der Waals surface area contributed by atoms with Crippen molar-refractivity contribution in [1.29, 1.82) is 0 Å². The fourth-order valence-electron chi connectivity index (χ4n) is 0.734. The number of ether oxygens (including phenoxy) is 2. The zero-order chi connectivity index (χ0) is 6.74. The maximum absolute atomic E-state index is 5.37. The normalized spacial score (nSPS) is 36.7. The number of methoxy groups -OCH3 is 1. The second-order valence-electron chi connectivity index (χ2n) is 2.24. The van der Waals surface area contributed by atoms with Gasteiger partial charge in [-0.15, -0.1) is 0 Å². The molecule has 1 fully saturated rings. The van der Waals surface area contributed by atoms with E-state index in [0.29, 0.717) is 0 Å². The van der Waals surface area contributed by atoms with Crippen molar-refractivity contribution in [2.45, 2.75) is 12.7 Å². The van der Waals surface area contributed by atoms with E-state index in [1.54, 1.807) is 7.11 Å². The van der Waals surface area contributed by atoms with Crippen LogP contribution in [0.1, 0.15) is 6.92 Å². The maximum atomic E-state index is 5.37. The van der Waals surface area contributed by atoms with Crippen molar-refractivity contribution in [3.63, 3.8) is 0 Å². The molecule has 0 N–H and O–H groups in total. The minimum Gasteiger partial charge on any atom is -0.353 e. The van der Waals surface area contributed by atoms with Gasteiger partial charge in [0.05, 0.1) is 6.61 Å². The van der Waals surface area contributed by atoms with Crippen molar-refractivity contribution < 1.29 is 9.47 Å². The standard InChI is InChI=1S/C6H12O2S/c1-6(7-2)5-9-4-3-8-6/h3-5H2,1-2H3. The second kappa shape index (κ2) is 2.90. The van der Waals surface area contributed by atoms with Gasteiger partial charge < -0.3 is 9.47 Å². The molecular formula is C6H12O2S. The summed E-state index contributed by atoms with van der Waals surface area (Å²) in [6, 6.07) is 0. The fourth-order valence-corrected chi connectivity index (χ4v) is 1.65. The van der Waals surface area contributed by atoms with Crippen molar-refractivity contribution >= 4 is 11.8 Å². The number of hydrogen-bond acceptors (Lipinski definition) is 3. The molecule has 1 rings (SSSR count). The molecule has 1 atom stereocenters. The molecule has 1 aliphatic heterocycles. The van der Waals surface area contributed by atoms with E-state index in [1.165, 1.54) is 0 Å². The minimum atomic E-state index is -0.317. The summed E-state index contributed by atoms with van der Waals surface area (Å²) in [5.74, 6) is 1.73. The molecule has 1 saturated heterocycles. The minimum absolute atomic E-state index is 0.317. The molecule has 0 aromatic rings. The Morgan fingerprint density at radius 1 is 1.67 bits per heavy atom. The Morgan fingerprint density at radius 2 is 2.44 bits per heavy atom. The number of hydrogen-bond donors (Lipinski definition) is 0. The van der Waals surface area contributed by atoms with Gasteiger partial charge in [0.1, 0.15) is 0 Å². The summed E-state index contributed by atoms with van der Waals surface area (Å²) in [6.45, 7) is 2.79. The van der Waals surface area contributed by atoms with Crippen LogP contribution in [-0.4, -0.2) is 31.0 Å². The van der Waals surface area contributed by atoms with E-state index in [-0.39, 0.29) is 5.79 Å². The molecule has 9 heavy (non-hydrogen) atoms. The van der Waals surface area contributed by atoms with Crippen molar-refractivity contribution in [3.05, 3.63) is 0 Å². The third kappa shape index (κ3) is 1.85. The van der Waals surface area contributed by atoms with E-state index >= 15 is 0 Å². The summed E-state index contributed by atoms with van der Waals surface area (Å²) in [6.07, 6.45) is 0. The molecule has 1 unspecified atom stereocenters. The SMILES string of the molecule is COC1(C)CSCCO1. The first-order valence-electron chi connectivity index (χ1n) is 3.04. The van der Waals surface area contributed by atoms with Crippen LogP contribution in [0.3, 0.4) is 0 Å². The van der Waals surface area contributed by atoms with Crippen LogP contribution in [0, 0.1) is 0 Å². The van der Waals surface area contributed by atoms with Crippen LogP contribution in [-0.2, 0) is 9.47 Å². The van der Waals surface area contributed by atoms with Crippen LogP contribution >= 0.6 is 11.8 Å². The smallest absolute Gasteiger partial charge is 0.174 e. The summed E-state index contributed by atoms with van der Waals surface area (Å²) in [5.41, 5.74) is 0. The molecule has 0 spiro atoms. The Labute approximate surface area is 59.9 Å². The van der Waals surface area contributed by atoms with E-state index < -0.39 is 0 Å². The van der Waals surface area contributed by atoms with Crippen LogP contribution in [0.4, 0.5) is 0 Å². The van der Waals surface area contributed by atoms with Crippen molar-refractivity contribution in [2.75, 3.05) is 25.2 Å². The van der Waals surface area contributed by atoms with E-state index in [4.69, 9.17) is 9.47 Å². The van der Waals surface area contributed by atoms with Gasteiger partial charge in [0.25, 0.3) is 0 Å². The summed E-state index contributed by atoms with van der Waals surface area (Å²) < 4.78 is 10.5. The molecule has 1 aliphatic rings. The molecule has 0 bridgehead atoms. The lowest BCUT2D eigenvalue weighted by Gasteiger charge is -2.31. The third-order valence-corrected chi connectivity index (χ3v) is 2.61. The summed E-state index contributed by atoms with van der Waals surface area (Å²) in [5, 5.41) is 0. The van der Waals surface area contributed by atoms with Gasteiger partial charge in [0, 0.05) is 18.6 Å². The largest absolute Gasteiger partial charge is 0.353 e. The molecule has 0 amide bonds. The number of thioether (sulfide) groups is 1. The van der Waals surface area contributed by atoms with E-state index in [0.717, 1.165) is 18.1 Å².